The van der Waals surface area contributed by atoms with Crippen molar-refractivity contribution in [2.24, 2.45) is 5.73 Å². The molecule has 0 fully saturated rings. The lowest BCUT2D eigenvalue weighted by Crippen LogP contribution is -2.40. The number of nitrogens with zero attached hydrogens (tertiary/aromatic N) is 1. The highest BCUT2D eigenvalue weighted by Gasteiger charge is 2.12. The number of carbonyl (C=O) groups excluding carboxylic acids is 1. The lowest BCUT2D eigenvalue weighted by atomic mass is 10.1. The van der Waals surface area contributed by atoms with E-state index >= 15 is 0 Å². The summed E-state index contributed by atoms with van der Waals surface area (Å²) in [4.78, 5) is 11.5. The molecule has 1 amide bonds. The number of nitrogens with one attached hydrogen (secondary N) is 2. The van der Waals surface area contributed by atoms with Gasteiger partial charge in [-0.05, 0) is 18.9 Å². The Kier molecular flexibility index (Phi) is 5.52. The zero-order valence-electron chi connectivity index (χ0n) is 9.40. The molecule has 6 nitrogen and oxygen atoms in total. The molecule has 0 spiro atoms. The highest BCUT2D eigenvalue weighted by molar-refractivity contribution is 5.81. The Morgan fingerprint density at radius 3 is 3.19 bits per heavy atom. The summed E-state index contributed by atoms with van der Waals surface area (Å²) in [5.74, 6) is -0.147. The number of hydrogen-bond acceptors (Lipinski definition) is 4. The van der Waals surface area contributed by atoms with Crippen molar-refractivity contribution >= 4 is 5.91 Å². The van der Waals surface area contributed by atoms with Gasteiger partial charge < -0.3 is 15.8 Å². The molecule has 6 heteroatoms. The number of methoxy groups -OCH3 is 1. The second kappa shape index (κ2) is 6.97. The van der Waals surface area contributed by atoms with E-state index < -0.39 is 6.04 Å². The Balaban J connectivity index is 2.18. The lowest BCUT2D eigenvalue weighted by Gasteiger charge is -2.11. The van der Waals surface area contributed by atoms with E-state index in [1.165, 1.54) is 0 Å². The first kappa shape index (κ1) is 12.7. The number of H-pyrrole nitrogens is 1. The van der Waals surface area contributed by atoms with Crippen molar-refractivity contribution in [1.82, 2.24) is 15.5 Å². The van der Waals surface area contributed by atoms with Gasteiger partial charge in [0.15, 0.2) is 0 Å². The molecule has 0 aromatic carbocycles. The summed E-state index contributed by atoms with van der Waals surface area (Å²) in [6, 6.07) is 1.33. The quantitative estimate of drug-likeness (QED) is 0.560. The van der Waals surface area contributed by atoms with Crippen LogP contribution in [0.4, 0.5) is 0 Å². The minimum Gasteiger partial charge on any atom is -0.385 e. The molecule has 0 aliphatic carbocycles. The molecule has 0 aliphatic rings. The van der Waals surface area contributed by atoms with E-state index in [2.05, 4.69) is 15.5 Å². The van der Waals surface area contributed by atoms with Crippen LogP contribution < -0.4 is 11.1 Å². The topological polar surface area (TPSA) is 93.0 Å². The molecule has 1 aromatic rings. The van der Waals surface area contributed by atoms with E-state index in [0.29, 0.717) is 19.6 Å². The van der Waals surface area contributed by atoms with E-state index in [1.54, 1.807) is 19.4 Å². The molecule has 1 heterocycles. The van der Waals surface area contributed by atoms with Gasteiger partial charge in [-0.3, -0.25) is 9.89 Å². The summed E-state index contributed by atoms with van der Waals surface area (Å²) in [6.45, 7) is 1.05. The third-order valence-electron chi connectivity index (χ3n) is 2.21. The normalized spacial score (nSPS) is 12.4. The zero-order valence-corrected chi connectivity index (χ0v) is 9.40. The number of hydrogen-bond donors (Lipinski definition) is 3. The Morgan fingerprint density at radius 1 is 1.75 bits per heavy atom. The maximum absolute atomic E-state index is 11.5. The van der Waals surface area contributed by atoms with Gasteiger partial charge >= 0.3 is 0 Å². The molecule has 1 rings (SSSR count). The Labute approximate surface area is 94.5 Å². The fraction of sp³-hybridized carbons (Fsp3) is 0.600. The zero-order chi connectivity index (χ0) is 11.8. The summed E-state index contributed by atoms with van der Waals surface area (Å²) in [7, 11) is 1.63. The number of rotatable bonds is 7. The minimum absolute atomic E-state index is 0.147. The third kappa shape index (κ3) is 4.41. The number of nitrogens with two attached hydrogens (primary N) is 1. The molecular formula is C10H18N4O2. The van der Waals surface area contributed by atoms with Crippen LogP contribution in [-0.2, 0) is 16.1 Å². The Hall–Kier alpha value is -1.40. The van der Waals surface area contributed by atoms with Crippen LogP contribution in [0.15, 0.2) is 12.3 Å². The van der Waals surface area contributed by atoms with E-state index in [4.69, 9.17) is 10.5 Å². The summed E-state index contributed by atoms with van der Waals surface area (Å²) in [6.07, 6.45) is 3.05. The minimum atomic E-state index is -0.474. The molecular weight excluding hydrogens is 208 g/mol. The number of amides is 1. The summed E-state index contributed by atoms with van der Waals surface area (Å²) >= 11 is 0. The van der Waals surface area contributed by atoms with Gasteiger partial charge in [-0.15, -0.1) is 0 Å². The van der Waals surface area contributed by atoms with Crippen LogP contribution in [-0.4, -0.2) is 35.9 Å². The largest absolute Gasteiger partial charge is 0.385 e. The predicted molar refractivity (Wildman–Crippen MR) is 59.5 cm³/mol. The fourth-order valence-electron chi connectivity index (χ4n) is 1.28. The third-order valence-corrected chi connectivity index (χ3v) is 2.21. The van der Waals surface area contributed by atoms with Crippen molar-refractivity contribution in [3.8, 4) is 0 Å². The van der Waals surface area contributed by atoms with Crippen molar-refractivity contribution in [3.05, 3.63) is 18.0 Å². The van der Waals surface area contributed by atoms with Gasteiger partial charge in [-0.2, -0.15) is 5.10 Å². The van der Waals surface area contributed by atoms with Gasteiger partial charge in [0.05, 0.1) is 18.3 Å². The highest BCUT2D eigenvalue weighted by atomic mass is 16.5. The second-order valence-corrected chi connectivity index (χ2v) is 3.54. The van der Waals surface area contributed by atoms with Gasteiger partial charge in [0, 0.05) is 19.9 Å². The molecule has 0 radical (unpaired) electrons. The second-order valence-electron chi connectivity index (χ2n) is 3.54. The molecule has 0 bridgehead atoms. The summed E-state index contributed by atoms with van der Waals surface area (Å²) in [5, 5.41) is 9.28. The van der Waals surface area contributed by atoms with Crippen LogP contribution in [0.25, 0.3) is 0 Å². The molecule has 1 unspecified atom stereocenters. The van der Waals surface area contributed by atoms with Crippen molar-refractivity contribution in [2.75, 3.05) is 13.7 Å². The summed E-state index contributed by atoms with van der Waals surface area (Å²) < 4.78 is 4.89. The van der Waals surface area contributed by atoms with Crippen LogP contribution in [0.2, 0.25) is 0 Å². The van der Waals surface area contributed by atoms with Crippen molar-refractivity contribution in [3.63, 3.8) is 0 Å². The molecule has 0 saturated heterocycles. The molecule has 1 aromatic heterocycles. The van der Waals surface area contributed by atoms with Crippen LogP contribution in [0, 0.1) is 0 Å². The Bertz CT molecular complexity index is 300. The van der Waals surface area contributed by atoms with Crippen LogP contribution in [0.1, 0.15) is 18.5 Å². The molecule has 90 valence electrons. The first-order chi connectivity index (χ1) is 7.74. The first-order valence-corrected chi connectivity index (χ1v) is 5.24. The van der Waals surface area contributed by atoms with E-state index in [9.17, 15) is 4.79 Å². The van der Waals surface area contributed by atoms with Gasteiger partial charge in [-0.25, -0.2) is 0 Å². The van der Waals surface area contributed by atoms with E-state index in [0.717, 1.165) is 12.1 Å². The average molecular weight is 226 g/mol. The average Bonchev–Trinajstić information content (AvgIpc) is 2.79. The molecule has 4 N–H and O–H groups in total. The number of aromatic amines is 1. The van der Waals surface area contributed by atoms with E-state index in [-0.39, 0.29) is 5.91 Å². The maximum atomic E-state index is 11.5. The molecule has 0 saturated carbocycles. The van der Waals surface area contributed by atoms with Gasteiger partial charge in [0.25, 0.3) is 0 Å². The van der Waals surface area contributed by atoms with Gasteiger partial charge in [-0.1, -0.05) is 0 Å². The first-order valence-electron chi connectivity index (χ1n) is 5.24. The Morgan fingerprint density at radius 2 is 2.56 bits per heavy atom. The monoisotopic (exact) mass is 226 g/mol. The fourth-order valence-corrected chi connectivity index (χ4v) is 1.28. The molecule has 16 heavy (non-hydrogen) atoms. The molecule has 0 aliphatic heterocycles. The van der Waals surface area contributed by atoms with Crippen LogP contribution in [0.5, 0.6) is 0 Å². The SMILES string of the molecule is COCCCC(N)C(=O)NCc1ccn[nH]1. The van der Waals surface area contributed by atoms with Crippen molar-refractivity contribution in [2.45, 2.75) is 25.4 Å². The number of carbonyl (C=O) groups is 1. The van der Waals surface area contributed by atoms with Crippen molar-refractivity contribution < 1.29 is 9.53 Å². The summed E-state index contributed by atoms with van der Waals surface area (Å²) in [5.41, 5.74) is 6.56. The number of aromatic nitrogens is 2. The van der Waals surface area contributed by atoms with Crippen LogP contribution >= 0.6 is 0 Å². The lowest BCUT2D eigenvalue weighted by molar-refractivity contribution is -0.122. The van der Waals surface area contributed by atoms with Crippen molar-refractivity contribution in [1.29, 1.82) is 0 Å². The predicted octanol–water partition coefficient (Wildman–Crippen LogP) is -0.220. The number of ether oxygens (including phenoxy) is 1. The smallest absolute Gasteiger partial charge is 0.237 e. The van der Waals surface area contributed by atoms with E-state index in [1.807, 2.05) is 0 Å². The van der Waals surface area contributed by atoms with Gasteiger partial charge in [0.2, 0.25) is 5.91 Å². The van der Waals surface area contributed by atoms with Crippen LogP contribution in [0.3, 0.4) is 0 Å². The standard InChI is InChI=1S/C10H18N4O2/c1-16-6-2-3-9(11)10(15)12-7-8-4-5-13-14-8/h4-5,9H,2-3,6-7,11H2,1H3,(H,12,15)(H,13,14). The molecule has 1 atom stereocenters. The van der Waals surface area contributed by atoms with Gasteiger partial charge in [0.1, 0.15) is 0 Å². The maximum Gasteiger partial charge on any atom is 0.237 e. The highest BCUT2D eigenvalue weighted by Crippen LogP contribution is 1.96.